The highest BCUT2D eigenvalue weighted by atomic mass is 15.3. The quantitative estimate of drug-likeness (QED) is 0.616. The second kappa shape index (κ2) is 2.81. The van der Waals surface area contributed by atoms with Crippen LogP contribution in [0.3, 0.4) is 0 Å². The van der Waals surface area contributed by atoms with Gasteiger partial charge in [-0.25, -0.2) is 4.68 Å². The lowest BCUT2D eigenvalue weighted by Gasteiger charge is -1.99. The molecule has 2 heteroatoms. The maximum absolute atomic E-state index is 5.55. The highest BCUT2D eigenvalue weighted by Crippen LogP contribution is 2.06. The molecule has 1 aromatic carbocycles. The summed E-state index contributed by atoms with van der Waals surface area (Å²) >= 11 is 0. The van der Waals surface area contributed by atoms with Gasteiger partial charge in [-0.3, -0.25) is 0 Å². The molecule has 1 heterocycles. The molecular formula is C10H8N2. The van der Waals surface area contributed by atoms with E-state index in [1.165, 1.54) is 0 Å². The Hall–Kier alpha value is -1.57. The molecule has 12 heavy (non-hydrogen) atoms. The molecule has 0 aliphatic heterocycles. The van der Waals surface area contributed by atoms with E-state index >= 15 is 0 Å². The van der Waals surface area contributed by atoms with Gasteiger partial charge in [0.25, 0.3) is 0 Å². The summed E-state index contributed by atoms with van der Waals surface area (Å²) in [5.74, 6) is 0. The minimum Gasteiger partial charge on any atom is -0.241 e. The Morgan fingerprint density at radius 2 is 1.92 bits per heavy atom. The Morgan fingerprint density at radius 1 is 1.17 bits per heavy atom. The van der Waals surface area contributed by atoms with Crippen LogP contribution in [0.1, 0.15) is 5.56 Å². The van der Waals surface area contributed by atoms with Crippen LogP contribution in [0.4, 0.5) is 0 Å². The molecule has 0 aliphatic carbocycles. The number of nitrogens with zero attached hydrogens (tertiary/aromatic N) is 2. The van der Waals surface area contributed by atoms with Crippen molar-refractivity contribution in [2.24, 2.45) is 0 Å². The van der Waals surface area contributed by atoms with E-state index in [0.29, 0.717) is 0 Å². The average Bonchev–Trinajstić information content (AvgIpc) is 2.58. The maximum Gasteiger partial charge on any atom is 0.0645 e. The Morgan fingerprint density at radius 3 is 2.50 bits per heavy atom. The Kier molecular flexibility index (Phi) is 1.67. The largest absolute Gasteiger partial charge is 0.241 e. The molecule has 2 radical (unpaired) electrons. The van der Waals surface area contributed by atoms with Gasteiger partial charge in [-0.05, 0) is 30.7 Å². The predicted molar refractivity (Wildman–Crippen MR) is 47.0 cm³/mol. The Bertz CT molecular complexity index is 346. The topological polar surface area (TPSA) is 17.8 Å². The second-order valence-electron chi connectivity index (χ2n) is 2.54. The zero-order valence-electron chi connectivity index (χ0n) is 6.51. The van der Waals surface area contributed by atoms with Gasteiger partial charge < -0.3 is 0 Å². The van der Waals surface area contributed by atoms with Gasteiger partial charge in [-0.15, -0.1) is 0 Å². The number of aromatic nitrogens is 2. The third-order valence-electron chi connectivity index (χ3n) is 1.66. The Balaban J connectivity index is 2.43. The van der Waals surface area contributed by atoms with Crippen molar-refractivity contribution in [3.05, 3.63) is 55.2 Å². The van der Waals surface area contributed by atoms with Crippen LogP contribution in [0, 0.1) is 6.92 Å². The minimum absolute atomic E-state index is 0.769. The van der Waals surface area contributed by atoms with Crippen LogP contribution in [0.2, 0.25) is 0 Å². The predicted octanol–water partition coefficient (Wildman–Crippen LogP) is 1.93. The molecule has 58 valence electrons. The van der Waals surface area contributed by atoms with Crippen molar-refractivity contribution in [3.63, 3.8) is 0 Å². The van der Waals surface area contributed by atoms with E-state index in [1.807, 2.05) is 36.5 Å². The summed E-state index contributed by atoms with van der Waals surface area (Å²) in [7, 11) is 0. The van der Waals surface area contributed by atoms with Crippen LogP contribution in [-0.2, 0) is 0 Å². The van der Waals surface area contributed by atoms with Crippen molar-refractivity contribution in [2.75, 3.05) is 0 Å². The molecule has 0 bridgehead atoms. The van der Waals surface area contributed by atoms with Crippen molar-refractivity contribution in [1.29, 1.82) is 0 Å². The van der Waals surface area contributed by atoms with E-state index in [2.05, 4.69) is 5.10 Å². The summed E-state index contributed by atoms with van der Waals surface area (Å²) in [6.45, 7) is 5.55. The normalized spacial score (nSPS) is 10.1. The summed E-state index contributed by atoms with van der Waals surface area (Å²) in [4.78, 5) is 0. The first kappa shape index (κ1) is 7.10. The molecule has 0 unspecified atom stereocenters. The van der Waals surface area contributed by atoms with E-state index in [9.17, 15) is 0 Å². The first-order valence-electron chi connectivity index (χ1n) is 3.72. The van der Waals surface area contributed by atoms with Gasteiger partial charge >= 0.3 is 0 Å². The molecule has 0 fully saturated rings. The third kappa shape index (κ3) is 1.23. The fraction of sp³-hybridized carbons (Fsp3) is 0. The van der Waals surface area contributed by atoms with Crippen molar-refractivity contribution < 1.29 is 0 Å². The van der Waals surface area contributed by atoms with Crippen molar-refractivity contribution in [2.45, 2.75) is 0 Å². The molecule has 0 saturated heterocycles. The summed E-state index contributed by atoms with van der Waals surface area (Å²) < 4.78 is 1.79. The van der Waals surface area contributed by atoms with E-state index in [4.69, 9.17) is 6.92 Å². The van der Waals surface area contributed by atoms with Crippen LogP contribution in [-0.4, -0.2) is 9.78 Å². The fourth-order valence-corrected chi connectivity index (χ4v) is 1.05. The number of rotatable bonds is 1. The average molecular weight is 156 g/mol. The molecule has 0 N–H and O–H groups in total. The van der Waals surface area contributed by atoms with Gasteiger partial charge in [0.05, 0.1) is 5.69 Å². The lowest BCUT2D eigenvalue weighted by Crippen LogP contribution is -1.92. The summed E-state index contributed by atoms with van der Waals surface area (Å²) in [6, 6.07) is 9.47. The molecule has 0 atom stereocenters. The number of hydrogen-bond acceptors (Lipinski definition) is 1. The molecule has 0 spiro atoms. The molecule has 2 rings (SSSR count). The van der Waals surface area contributed by atoms with Crippen LogP contribution < -0.4 is 0 Å². The highest BCUT2D eigenvalue weighted by molar-refractivity contribution is 5.34. The van der Waals surface area contributed by atoms with Gasteiger partial charge in [0.2, 0.25) is 0 Å². The summed E-state index contributed by atoms with van der Waals surface area (Å²) in [6.07, 6.45) is 3.64. The summed E-state index contributed by atoms with van der Waals surface area (Å²) in [5.41, 5.74) is 1.79. The fourth-order valence-electron chi connectivity index (χ4n) is 1.05. The standard InChI is InChI=1S/C10H8N2/c1-9-3-5-10(6-4-9)12-8-2-7-11-12/h1-8H. The first-order valence-corrected chi connectivity index (χ1v) is 3.72. The van der Waals surface area contributed by atoms with Crippen molar-refractivity contribution in [3.8, 4) is 5.69 Å². The van der Waals surface area contributed by atoms with E-state index in [1.54, 1.807) is 10.9 Å². The number of hydrogen-bond donors (Lipinski definition) is 0. The molecule has 2 aromatic rings. The maximum atomic E-state index is 5.55. The lowest BCUT2D eigenvalue weighted by molar-refractivity contribution is 0.880. The van der Waals surface area contributed by atoms with Crippen LogP contribution in [0.25, 0.3) is 5.69 Å². The van der Waals surface area contributed by atoms with Gasteiger partial charge in [0, 0.05) is 12.4 Å². The van der Waals surface area contributed by atoms with Crippen LogP contribution >= 0.6 is 0 Å². The second-order valence-corrected chi connectivity index (χ2v) is 2.54. The van der Waals surface area contributed by atoms with Gasteiger partial charge in [-0.1, -0.05) is 12.1 Å². The molecule has 0 aliphatic rings. The molecule has 1 aromatic heterocycles. The SMILES string of the molecule is [CH]c1ccc(-n2cccn2)cc1. The van der Waals surface area contributed by atoms with Gasteiger partial charge in [0.15, 0.2) is 0 Å². The van der Waals surface area contributed by atoms with Crippen LogP contribution in [0.15, 0.2) is 42.7 Å². The van der Waals surface area contributed by atoms with Gasteiger partial charge in [0.1, 0.15) is 0 Å². The smallest absolute Gasteiger partial charge is 0.0645 e. The molecule has 0 amide bonds. The van der Waals surface area contributed by atoms with Gasteiger partial charge in [-0.2, -0.15) is 5.10 Å². The lowest BCUT2D eigenvalue weighted by atomic mass is 10.2. The monoisotopic (exact) mass is 156 g/mol. The zero-order chi connectivity index (χ0) is 8.39. The minimum atomic E-state index is 0.769. The van der Waals surface area contributed by atoms with Crippen molar-refractivity contribution in [1.82, 2.24) is 9.78 Å². The first-order chi connectivity index (χ1) is 5.86. The summed E-state index contributed by atoms with van der Waals surface area (Å²) in [5, 5.41) is 4.09. The van der Waals surface area contributed by atoms with E-state index < -0.39 is 0 Å². The van der Waals surface area contributed by atoms with E-state index in [-0.39, 0.29) is 0 Å². The number of benzene rings is 1. The molecular weight excluding hydrogens is 148 g/mol. The Labute approximate surface area is 71.5 Å². The zero-order valence-corrected chi connectivity index (χ0v) is 6.51. The third-order valence-corrected chi connectivity index (χ3v) is 1.66. The molecule has 2 nitrogen and oxygen atoms in total. The van der Waals surface area contributed by atoms with E-state index in [0.717, 1.165) is 11.3 Å². The molecule has 0 saturated carbocycles. The highest BCUT2D eigenvalue weighted by Gasteiger charge is 1.93. The van der Waals surface area contributed by atoms with Crippen LogP contribution in [0.5, 0.6) is 0 Å². The van der Waals surface area contributed by atoms with Crippen molar-refractivity contribution >= 4 is 0 Å².